The molecule has 4 rings (SSSR count). The highest BCUT2D eigenvalue weighted by Gasteiger charge is 2.75. The summed E-state index contributed by atoms with van der Waals surface area (Å²) in [4.78, 5) is 36.2. The predicted molar refractivity (Wildman–Crippen MR) is 109 cm³/mol. The Morgan fingerprint density at radius 3 is 2.61 bits per heavy atom. The van der Waals surface area contributed by atoms with Crippen molar-refractivity contribution in [3.8, 4) is 0 Å². The van der Waals surface area contributed by atoms with E-state index in [0.29, 0.717) is 24.8 Å². The third-order valence-electron chi connectivity index (χ3n) is 9.05. The second-order valence-corrected chi connectivity index (χ2v) is 10.4. The highest BCUT2D eigenvalue weighted by Crippen LogP contribution is 2.70. The number of hydrogen-bond acceptors (Lipinski definition) is 6. The molecule has 0 aliphatic heterocycles. The molecule has 0 heterocycles. The standard InChI is InChI=1S/C24H31FO6/c1-13-9-18-17-6-5-15-10-16(27)7-8-21(15,3)23(17,25)19(28)11-22(18,4)24(13,30)20(29)12-31-14(2)26/h7-8,10,13,17-19,28,30H,5-6,9,11-12H2,1-4H3/t13-,17+,18+,19+,21-,22-,23-,24-/m0/s1. The highest BCUT2D eigenvalue weighted by atomic mass is 19.1. The number of alkyl halides is 1. The molecule has 170 valence electrons. The summed E-state index contributed by atoms with van der Waals surface area (Å²) in [5, 5.41) is 22.9. The van der Waals surface area contributed by atoms with Crippen molar-refractivity contribution in [1.82, 2.24) is 0 Å². The van der Waals surface area contributed by atoms with Crippen LogP contribution in [0.1, 0.15) is 53.4 Å². The van der Waals surface area contributed by atoms with Gasteiger partial charge in [0.05, 0.1) is 6.10 Å². The fourth-order valence-corrected chi connectivity index (χ4v) is 7.42. The molecule has 0 unspecified atom stereocenters. The number of halogens is 1. The van der Waals surface area contributed by atoms with Gasteiger partial charge in [0, 0.05) is 23.7 Å². The van der Waals surface area contributed by atoms with Gasteiger partial charge in [0.25, 0.3) is 0 Å². The van der Waals surface area contributed by atoms with Gasteiger partial charge in [-0.25, -0.2) is 4.39 Å². The zero-order chi connectivity index (χ0) is 23.0. The number of carbonyl (C=O) groups excluding carboxylic acids is 3. The van der Waals surface area contributed by atoms with Crippen molar-refractivity contribution in [2.24, 2.45) is 28.6 Å². The SMILES string of the molecule is CC(=O)OCC(=O)[C@@]1(O)[C@@H](C)C[C@@H]2[C@H]3CCC4=CC(=O)C=C[C@]4(C)[C@@]3(F)[C@H](O)C[C@@]21C. The zero-order valence-electron chi connectivity index (χ0n) is 18.5. The van der Waals surface area contributed by atoms with Crippen LogP contribution in [0.5, 0.6) is 0 Å². The van der Waals surface area contributed by atoms with E-state index in [1.807, 2.05) is 0 Å². The number of fused-ring (bicyclic) bond motifs is 5. The molecule has 7 heteroatoms. The lowest BCUT2D eigenvalue weighted by Gasteiger charge is -2.62. The van der Waals surface area contributed by atoms with Gasteiger partial charge in [-0.3, -0.25) is 14.4 Å². The van der Waals surface area contributed by atoms with Gasteiger partial charge in [-0.2, -0.15) is 0 Å². The lowest BCUT2D eigenvalue weighted by atomic mass is 9.44. The molecule has 3 saturated carbocycles. The number of aliphatic hydroxyl groups excluding tert-OH is 1. The average molecular weight is 435 g/mol. The van der Waals surface area contributed by atoms with Gasteiger partial charge in [0.1, 0.15) is 5.60 Å². The molecule has 0 bridgehead atoms. The van der Waals surface area contributed by atoms with Crippen molar-refractivity contribution < 1.29 is 33.7 Å². The molecule has 0 spiro atoms. The second-order valence-electron chi connectivity index (χ2n) is 10.4. The van der Waals surface area contributed by atoms with E-state index in [4.69, 9.17) is 4.74 Å². The van der Waals surface area contributed by atoms with Gasteiger partial charge in [-0.15, -0.1) is 0 Å². The van der Waals surface area contributed by atoms with Crippen molar-refractivity contribution in [3.05, 3.63) is 23.8 Å². The van der Waals surface area contributed by atoms with Crippen LogP contribution in [0, 0.1) is 28.6 Å². The normalized spacial score (nSPS) is 48.4. The van der Waals surface area contributed by atoms with Crippen LogP contribution in [0.3, 0.4) is 0 Å². The summed E-state index contributed by atoms with van der Waals surface area (Å²) in [5.74, 6) is -2.80. The second kappa shape index (κ2) is 6.82. The molecule has 0 aromatic carbocycles. The Morgan fingerprint density at radius 2 is 1.97 bits per heavy atom. The first-order chi connectivity index (χ1) is 14.3. The molecule has 0 radical (unpaired) electrons. The van der Waals surface area contributed by atoms with Crippen LogP contribution in [0.4, 0.5) is 4.39 Å². The van der Waals surface area contributed by atoms with E-state index in [1.165, 1.54) is 19.1 Å². The molecular weight excluding hydrogens is 403 g/mol. The van der Waals surface area contributed by atoms with Crippen molar-refractivity contribution in [2.45, 2.75) is 70.8 Å². The molecule has 2 N–H and O–H groups in total. The van der Waals surface area contributed by atoms with Crippen LogP contribution in [-0.2, 0) is 19.1 Å². The summed E-state index contributed by atoms with van der Waals surface area (Å²) in [5.41, 5.74) is -5.33. The number of allylic oxidation sites excluding steroid dienone is 4. The summed E-state index contributed by atoms with van der Waals surface area (Å²) in [6.07, 6.45) is 4.29. The maximum absolute atomic E-state index is 17.0. The van der Waals surface area contributed by atoms with Crippen molar-refractivity contribution in [3.63, 3.8) is 0 Å². The molecular formula is C24H31FO6. The lowest BCUT2D eigenvalue weighted by molar-refractivity contribution is -0.219. The third kappa shape index (κ3) is 2.65. The van der Waals surface area contributed by atoms with Crippen LogP contribution in [0.25, 0.3) is 0 Å². The number of Topliss-reactive ketones (excluding diaryl/α,β-unsaturated/α-hetero) is 1. The largest absolute Gasteiger partial charge is 0.458 e. The fraction of sp³-hybridized carbons (Fsp3) is 0.708. The van der Waals surface area contributed by atoms with Crippen LogP contribution in [-0.4, -0.2) is 51.7 Å². The molecule has 0 aromatic heterocycles. The Balaban J connectivity index is 1.76. The molecule has 4 aliphatic carbocycles. The van der Waals surface area contributed by atoms with Crippen molar-refractivity contribution in [2.75, 3.05) is 6.61 Å². The molecule has 4 aliphatic rings. The summed E-state index contributed by atoms with van der Waals surface area (Å²) in [6, 6.07) is 0. The smallest absolute Gasteiger partial charge is 0.303 e. The first-order valence-corrected chi connectivity index (χ1v) is 11.0. The van der Waals surface area contributed by atoms with Gasteiger partial charge in [0.2, 0.25) is 5.78 Å². The van der Waals surface area contributed by atoms with Crippen LogP contribution < -0.4 is 0 Å². The quantitative estimate of drug-likeness (QED) is 0.662. The minimum Gasteiger partial charge on any atom is -0.458 e. The molecule has 3 fully saturated rings. The Bertz CT molecular complexity index is 910. The Kier molecular flexibility index (Phi) is 4.91. The fourth-order valence-electron chi connectivity index (χ4n) is 7.42. The maximum Gasteiger partial charge on any atom is 0.303 e. The number of hydrogen-bond donors (Lipinski definition) is 2. The number of esters is 1. The van der Waals surface area contributed by atoms with Gasteiger partial charge >= 0.3 is 5.97 Å². The van der Waals surface area contributed by atoms with Gasteiger partial charge in [-0.1, -0.05) is 25.5 Å². The molecule has 8 atom stereocenters. The summed E-state index contributed by atoms with van der Waals surface area (Å²) >= 11 is 0. The highest BCUT2D eigenvalue weighted by molar-refractivity contribution is 6.01. The molecule has 31 heavy (non-hydrogen) atoms. The number of aliphatic hydroxyl groups is 2. The van der Waals surface area contributed by atoms with E-state index in [2.05, 4.69) is 0 Å². The minimum atomic E-state index is -2.01. The van der Waals surface area contributed by atoms with E-state index in [9.17, 15) is 24.6 Å². The van der Waals surface area contributed by atoms with Gasteiger partial charge in [-0.05, 0) is 56.6 Å². The molecule has 0 amide bonds. The maximum atomic E-state index is 17.0. The minimum absolute atomic E-state index is 0.0953. The Hall–Kier alpha value is -1.86. The van der Waals surface area contributed by atoms with E-state index in [0.717, 1.165) is 0 Å². The van der Waals surface area contributed by atoms with Crippen molar-refractivity contribution in [1.29, 1.82) is 0 Å². The zero-order valence-corrected chi connectivity index (χ0v) is 18.5. The van der Waals surface area contributed by atoms with Crippen LogP contribution in [0.15, 0.2) is 23.8 Å². The number of ketones is 2. The van der Waals surface area contributed by atoms with E-state index in [1.54, 1.807) is 26.8 Å². The van der Waals surface area contributed by atoms with Gasteiger partial charge < -0.3 is 14.9 Å². The van der Waals surface area contributed by atoms with E-state index < -0.39 is 58.4 Å². The van der Waals surface area contributed by atoms with Crippen LogP contribution in [0.2, 0.25) is 0 Å². The monoisotopic (exact) mass is 434 g/mol. The summed E-state index contributed by atoms with van der Waals surface area (Å²) in [7, 11) is 0. The number of ether oxygens (including phenoxy) is 1. The number of rotatable bonds is 3. The third-order valence-corrected chi connectivity index (χ3v) is 9.05. The Labute approximate surface area is 181 Å². The predicted octanol–water partition coefficient (Wildman–Crippen LogP) is 2.47. The molecule has 0 aromatic rings. The first kappa shape index (κ1) is 22.3. The number of carbonyl (C=O) groups is 3. The molecule has 6 nitrogen and oxygen atoms in total. The van der Waals surface area contributed by atoms with E-state index in [-0.39, 0.29) is 18.1 Å². The summed E-state index contributed by atoms with van der Waals surface area (Å²) in [6.45, 7) is 5.89. The van der Waals surface area contributed by atoms with Gasteiger partial charge in [0.15, 0.2) is 18.1 Å². The molecule has 0 saturated heterocycles. The Morgan fingerprint density at radius 1 is 1.29 bits per heavy atom. The summed E-state index contributed by atoms with van der Waals surface area (Å²) < 4.78 is 21.9. The topological polar surface area (TPSA) is 101 Å². The van der Waals surface area contributed by atoms with E-state index >= 15 is 4.39 Å². The first-order valence-electron chi connectivity index (χ1n) is 11.0. The lowest BCUT2D eigenvalue weighted by Crippen LogP contribution is -2.69. The van der Waals surface area contributed by atoms with Crippen LogP contribution >= 0.6 is 0 Å². The average Bonchev–Trinajstić information content (AvgIpc) is 2.89. The van der Waals surface area contributed by atoms with Crippen molar-refractivity contribution >= 4 is 17.5 Å².